The first kappa shape index (κ1) is 17.0. The number of amidine groups is 1. The van der Waals surface area contributed by atoms with Gasteiger partial charge < -0.3 is 4.90 Å². The van der Waals surface area contributed by atoms with Gasteiger partial charge in [-0.05, 0) is 43.9 Å². The highest BCUT2D eigenvalue weighted by Crippen LogP contribution is 2.24. The van der Waals surface area contributed by atoms with Crippen LogP contribution in [0.25, 0.3) is 0 Å². The van der Waals surface area contributed by atoms with Gasteiger partial charge in [0, 0.05) is 10.6 Å². The summed E-state index contributed by atoms with van der Waals surface area (Å²) in [7, 11) is 0.424. The zero-order valence-electron chi connectivity index (χ0n) is 13.4. The lowest BCUT2D eigenvalue weighted by Gasteiger charge is -2.23. The van der Waals surface area contributed by atoms with E-state index in [4.69, 9.17) is 11.6 Å². The van der Waals surface area contributed by atoms with Crippen molar-refractivity contribution in [3.8, 4) is 0 Å². The van der Waals surface area contributed by atoms with Crippen molar-refractivity contribution in [1.29, 1.82) is 0 Å². The SMILES string of the molecule is CN(C)C(CN=C1NS(=O)(=O)c2ccccc21)c1ccc(Cl)cc1. The van der Waals surface area contributed by atoms with Gasteiger partial charge in [0.05, 0.1) is 17.5 Å². The quantitative estimate of drug-likeness (QED) is 0.908. The fourth-order valence-electron chi connectivity index (χ4n) is 2.68. The second-order valence-corrected chi connectivity index (χ2v) is 7.91. The number of fused-ring (bicyclic) bond motifs is 1. The number of benzene rings is 2. The largest absolute Gasteiger partial charge is 0.301 e. The molecule has 7 heteroatoms. The first-order chi connectivity index (χ1) is 11.4. The third-order valence-electron chi connectivity index (χ3n) is 3.96. The maximum Gasteiger partial charge on any atom is 0.263 e. The molecule has 1 unspecified atom stereocenters. The van der Waals surface area contributed by atoms with Gasteiger partial charge in [-0.2, -0.15) is 0 Å². The average Bonchev–Trinajstić information content (AvgIpc) is 2.80. The van der Waals surface area contributed by atoms with E-state index in [9.17, 15) is 8.42 Å². The fourth-order valence-corrected chi connectivity index (χ4v) is 4.06. The molecule has 5 nitrogen and oxygen atoms in total. The molecule has 0 bridgehead atoms. The number of halogens is 1. The molecule has 1 aliphatic heterocycles. The Kier molecular flexibility index (Phi) is 4.62. The van der Waals surface area contributed by atoms with Crippen molar-refractivity contribution < 1.29 is 8.42 Å². The van der Waals surface area contributed by atoms with Crippen molar-refractivity contribution in [2.75, 3.05) is 20.6 Å². The van der Waals surface area contributed by atoms with E-state index in [1.54, 1.807) is 24.3 Å². The molecule has 1 N–H and O–H groups in total. The zero-order valence-corrected chi connectivity index (χ0v) is 15.0. The predicted octanol–water partition coefficient (Wildman–Crippen LogP) is 2.68. The van der Waals surface area contributed by atoms with Gasteiger partial charge in [0.15, 0.2) is 0 Å². The number of nitrogens with zero attached hydrogens (tertiary/aromatic N) is 2. The molecule has 0 saturated carbocycles. The average molecular weight is 364 g/mol. The zero-order chi connectivity index (χ0) is 17.3. The Morgan fingerprint density at radius 2 is 1.79 bits per heavy atom. The van der Waals surface area contributed by atoms with Crippen molar-refractivity contribution in [1.82, 2.24) is 9.62 Å². The number of sulfonamides is 1. The van der Waals surface area contributed by atoms with Crippen LogP contribution in [0.1, 0.15) is 17.2 Å². The van der Waals surface area contributed by atoms with Crippen LogP contribution in [0.15, 0.2) is 58.4 Å². The van der Waals surface area contributed by atoms with Gasteiger partial charge in [-0.25, -0.2) is 8.42 Å². The molecule has 0 aliphatic carbocycles. The first-order valence-electron chi connectivity index (χ1n) is 7.47. The molecule has 24 heavy (non-hydrogen) atoms. The Morgan fingerprint density at radius 1 is 1.12 bits per heavy atom. The van der Waals surface area contributed by atoms with E-state index in [-0.39, 0.29) is 10.9 Å². The van der Waals surface area contributed by atoms with E-state index in [1.807, 2.05) is 43.3 Å². The van der Waals surface area contributed by atoms with E-state index in [1.165, 1.54) is 0 Å². The molecule has 126 valence electrons. The topological polar surface area (TPSA) is 61.8 Å². The molecule has 2 aromatic carbocycles. The van der Waals surface area contributed by atoms with Gasteiger partial charge >= 0.3 is 0 Å². The minimum absolute atomic E-state index is 0.0204. The molecule has 3 rings (SSSR count). The van der Waals surface area contributed by atoms with E-state index in [0.717, 1.165) is 5.56 Å². The third kappa shape index (κ3) is 3.31. The summed E-state index contributed by atoms with van der Waals surface area (Å²) in [5, 5.41) is 0.681. The molecule has 1 aliphatic rings. The first-order valence-corrected chi connectivity index (χ1v) is 9.33. The molecule has 0 amide bonds. The molecule has 1 heterocycles. The molecular weight excluding hydrogens is 346 g/mol. The second kappa shape index (κ2) is 6.55. The van der Waals surface area contributed by atoms with Crippen LogP contribution in [0.4, 0.5) is 0 Å². The molecular formula is C17H18ClN3O2S. The lowest BCUT2D eigenvalue weighted by Crippen LogP contribution is -2.26. The number of aliphatic imine (C=N–C) groups is 1. The third-order valence-corrected chi connectivity index (χ3v) is 5.61. The van der Waals surface area contributed by atoms with E-state index >= 15 is 0 Å². The van der Waals surface area contributed by atoms with Gasteiger partial charge in [0.25, 0.3) is 10.0 Å². The summed E-state index contributed by atoms with van der Waals surface area (Å²) in [5.74, 6) is 0.395. The van der Waals surface area contributed by atoms with Gasteiger partial charge in [-0.15, -0.1) is 0 Å². The summed E-state index contributed by atoms with van der Waals surface area (Å²) in [6.45, 7) is 0.431. The number of hydrogen-bond acceptors (Lipinski definition) is 4. The van der Waals surface area contributed by atoms with Gasteiger partial charge in [0.2, 0.25) is 0 Å². The van der Waals surface area contributed by atoms with Crippen LogP contribution in [0.5, 0.6) is 0 Å². The number of hydrogen-bond donors (Lipinski definition) is 1. The summed E-state index contributed by atoms with van der Waals surface area (Å²) < 4.78 is 26.8. The van der Waals surface area contributed by atoms with Gasteiger partial charge in [-0.1, -0.05) is 35.9 Å². The Labute approximate surface area is 147 Å². The minimum atomic E-state index is -3.51. The minimum Gasteiger partial charge on any atom is -0.301 e. The summed E-state index contributed by atoms with van der Waals surface area (Å²) in [6.07, 6.45) is 0. The highest BCUT2D eigenvalue weighted by Gasteiger charge is 2.30. The Morgan fingerprint density at radius 3 is 2.46 bits per heavy atom. The summed E-state index contributed by atoms with van der Waals surface area (Å²) in [4.78, 5) is 6.85. The van der Waals surface area contributed by atoms with Crippen molar-refractivity contribution >= 4 is 27.5 Å². The number of likely N-dealkylation sites (N-methyl/N-ethyl adjacent to an activating group) is 1. The highest BCUT2D eigenvalue weighted by molar-refractivity contribution is 7.90. The van der Waals surface area contributed by atoms with Gasteiger partial charge in [0.1, 0.15) is 5.84 Å². The molecule has 2 aromatic rings. The van der Waals surface area contributed by atoms with Crippen molar-refractivity contribution in [3.63, 3.8) is 0 Å². The monoisotopic (exact) mass is 363 g/mol. The van der Waals surface area contributed by atoms with Crippen LogP contribution in [0, 0.1) is 0 Å². The maximum absolute atomic E-state index is 12.1. The van der Waals surface area contributed by atoms with Crippen molar-refractivity contribution in [2.45, 2.75) is 10.9 Å². The van der Waals surface area contributed by atoms with E-state index in [2.05, 4.69) is 9.71 Å². The predicted molar refractivity (Wildman–Crippen MR) is 96.0 cm³/mol. The lowest BCUT2D eigenvalue weighted by atomic mass is 10.1. The van der Waals surface area contributed by atoms with Crippen LogP contribution in [-0.2, 0) is 10.0 Å². The Balaban J connectivity index is 1.90. The number of nitrogens with one attached hydrogen (secondary N) is 1. The van der Waals surface area contributed by atoms with Gasteiger partial charge in [-0.3, -0.25) is 9.71 Å². The summed E-state index contributed by atoms with van der Waals surface area (Å²) in [6, 6.07) is 14.5. The summed E-state index contributed by atoms with van der Waals surface area (Å²) in [5.41, 5.74) is 1.69. The molecule has 1 atom stereocenters. The smallest absolute Gasteiger partial charge is 0.263 e. The molecule has 0 fully saturated rings. The standard InChI is InChI=1S/C17H18ClN3O2S/c1-21(2)15(12-7-9-13(18)10-8-12)11-19-17-14-5-3-4-6-16(14)24(22,23)20-17/h3-10,15H,11H2,1-2H3,(H,19,20). The van der Waals surface area contributed by atoms with Crippen LogP contribution in [-0.4, -0.2) is 39.8 Å². The second-order valence-electron chi connectivity index (χ2n) is 5.82. The maximum atomic E-state index is 12.1. The lowest BCUT2D eigenvalue weighted by molar-refractivity contribution is 0.306. The normalized spacial score (nSPS) is 18.4. The van der Waals surface area contributed by atoms with Crippen LogP contribution < -0.4 is 4.72 Å². The Bertz CT molecular complexity index is 877. The molecule has 0 radical (unpaired) electrons. The van der Waals surface area contributed by atoms with E-state index < -0.39 is 10.0 Å². The fraction of sp³-hybridized carbons (Fsp3) is 0.235. The van der Waals surface area contributed by atoms with Crippen LogP contribution in [0.3, 0.4) is 0 Å². The summed E-state index contributed by atoms with van der Waals surface area (Å²) >= 11 is 5.95. The van der Waals surface area contributed by atoms with Crippen molar-refractivity contribution in [2.24, 2.45) is 4.99 Å². The Hall–Kier alpha value is -1.89. The number of rotatable bonds is 4. The molecule has 0 spiro atoms. The van der Waals surface area contributed by atoms with Crippen LogP contribution >= 0.6 is 11.6 Å². The van der Waals surface area contributed by atoms with E-state index in [0.29, 0.717) is 23.0 Å². The molecule has 0 saturated heterocycles. The van der Waals surface area contributed by atoms with Crippen LogP contribution in [0.2, 0.25) is 5.02 Å². The van der Waals surface area contributed by atoms with Crippen molar-refractivity contribution in [3.05, 3.63) is 64.7 Å². The molecule has 0 aromatic heterocycles. The highest BCUT2D eigenvalue weighted by atomic mass is 35.5.